The lowest BCUT2D eigenvalue weighted by atomic mass is 10.2. The van der Waals surface area contributed by atoms with Crippen LogP contribution in [0.3, 0.4) is 0 Å². The Morgan fingerprint density at radius 3 is 2.06 bits per heavy atom. The first-order valence-corrected chi connectivity index (χ1v) is 11.6. The molecule has 0 unspecified atom stereocenters. The molecule has 34 heavy (non-hydrogen) atoms. The summed E-state index contributed by atoms with van der Waals surface area (Å²) in [6.07, 6.45) is 0. The Morgan fingerprint density at radius 1 is 0.882 bits per heavy atom. The number of aliphatic imine (C=N–C) groups is 1. The molecule has 0 radical (unpaired) electrons. The van der Waals surface area contributed by atoms with Crippen molar-refractivity contribution >= 4 is 45.8 Å². The smallest absolute Gasteiger partial charge is 0.270 e. The van der Waals surface area contributed by atoms with Gasteiger partial charge < -0.3 is 15.5 Å². The van der Waals surface area contributed by atoms with Crippen molar-refractivity contribution in [1.29, 1.82) is 0 Å². The maximum absolute atomic E-state index is 13.7. The van der Waals surface area contributed by atoms with E-state index in [2.05, 4.69) is 0 Å². The van der Waals surface area contributed by atoms with Crippen LogP contribution in [-0.4, -0.2) is 36.0 Å². The number of nitrogens with two attached hydrogens (primary N) is 1. The topological polar surface area (TPSA) is 82.2 Å². The van der Waals surface area contributed by atoms with Gasteiger partial charge in [0.05, 0.1) is 23.6 Å². The molecular formula is C26H23N5O2S. The van der Waals surface area contributed by atoms with Crippen LogP contribution in [0.5, 0.6) is 0 Å². The summed E-state index contributed by atoms with van der Waals surface area (Å²) in [5.74, 6) is 0.237. The summed E-state index contributed by atoms with van der Waals surface area (Å²) in [5, 5.41) is 0.584. The molecule has 0 atom stereocenters. The van der Waals surface area contributed by atoms with Crippen LogP contribution < -0.4 is 15.5 Å². The average molecular weight is 470 g/mol. The molecule has 3 aromatic carbocycles. The number of nitrogens with zero attached hydrogens (tertiary/aromatic N) is 4. The van der Waals surface area contributed by atoms with E-state index in [1.54, 1.807) is 29.2 Å². The fourth-order valence-electron chi connectivity index (χ4n) is 4.13. The van der Waals surface area contributed by atoms with Gasteiger partial charge in [0.1, 0.15) is 10.7 Å². The Morgan fingerprint density at radius 2 is 1.47 bits per heavy atom. The van der Waals surface area contributed by atoms with Gasteiger partial charge in [0.2, 0.25) is 5.91 Å². The molecule has 1 saturated heterocycles. The van der Waals surface area contributed by atoms with Crippen LogP contribution in [-0.2, 0) is 11.3 Å². The molecular weight excluding hydrogens is 446 g/mol. The number of para-hydroxylation sites is 2. The van der Waals surface area contributed by atoms with E-state index in [0.29, 0.717) is 27.9 Å². The van der Waals surface area contributed by atoms with Gasteiger partial charge in [-0.2, -0.15) is 0 Å². The molecule has 8 heteroatoms. The van der Waals surface area contributed by atoms with Gasteiger partial charge in [-0.25, -0.2) is 4.99 Å². The lowest BCUT2D eigenvalue weighted by molar-refractivity contribution is -0.122. The number of rotatable bonds is 4. The Balaban J connectivity index is 1.57. The molecule has 1 fully saturated rings. The third kappa shape index (κ3) is 3.82. The summed E-state index contributed by atoms with van der Waals surface area (Å²) in [6.45, 7) is 0.405. The van der Waals surface area contributed by atoms with Crippen molar-refractivity contribution in [1.82, 2.24) is 4.90 Å². The fourth-order valence-corrected chi connectivity index (χ4v) is 5.28. The molecule has 0 aliphatic carbocycles. The number of hydrogen-bond acceptors (Lipinski definition) is 6. The number of fused-ring (bicyclic) bond motifs is 1. The molecule has 2 heterocycles. The fraction of sp³-hybridized carbons (Fsp3) is 0.115. The number of carbonyl (C=O) groups excluding carboxylic acids is 2. The summed E-state index contributed by atoms with van der Waals surface area (Å²) in [4.78, 5) is 36.3. The SMILES string of the molecule is CN1C(=C2SC(=Nc3ccc(C(N)=O)cc3)N(Cc3ccccc3)C2=O)N(C)c2ccccc21. The van der Waals surface area contributed by atoms with E-state index in [0.717, 1.165) is 22.8 Å². The number of amides is 2. The minimum atomic E-state index is -0.491. The average Bonchev–Trinajstić information content (AvgIpc) is 3.28. The van der Waals surface area contributed by atoms with Gasteiger partial charge in [-0.1, -0.05) is 42.5 Å². The van der Waals surface area contributed by atoms with E-state index in [1.165, 1.54) is 11.8 Å². The summed E-state index contributed by atoms with van der Waals surface area (Å²) in [6, 6.07) is 24.6. The van der Waals surface area contributed by atoms with Gasteiger partial charge in [-0.05, 0) is 53.7 Å². The number of thioether (sulfide) groups is 1. The van der Waals surface area contributed by atoms with Crippen molar-refractivity contribution in [2.75, 3.05) is 23.9 Å². The Labute approximate surface area is 202 Å². The predicted molar refractivity (Wildman–Crippen MR) is 137 cm³/mol. The molecule has 5 rings (SSSR count). The number of carbonyl (C=O) groups is 2. The van der Waals surface area contributed by atoms with Gasteiger partial charge >= 0.3 is 0 Å². The van der Waals surface area contributed by atoms with Crippen molar-refractivity contribution < 1.29 is 9.59 Å². The molecule has 2 N–H and O–H groups in total. The lowest BCUT2D eigenvalue weighted by Gasteiger charge is -2.20. The Bertz CT molecular complexity index is 1300. The first-order chi connectivity index (χ1) is 16.4. The maximum atomic E-state index is 13.7. The largest absolute Gasteiger partial charge is 0.366 e. The third-order valence-corrected chi connectivity index (χ3v) is 6.92. The summed E-state index contributed by atoms with van der Waals surface area (Å²) in [7, 11) is 3.94. The van der Waals surface area contributed by atoms with Gasteiger partial charge in [0.15, 0.2) is 5.17 Å². The quantitative estimate of drug-likeness (QED) is 0.576. The van der Waals surface area contributed by atoms with Crippen molar-refractivity contribution in [2.24, 2.45) is 10.7 Å². The van der Waals surface area contributed by atoms with Crippen LogP contribution in [0.15, 0.2) is 94.6 Å². The zero-order chi connectivity index (χ0) is 23.8. The standard InChI is InChI=1S/C26H23N5O2S/c1-29-20-10-6-7-11-21(20)30(2)24(29)22-25(33)31(16-17-8-4-3-5-9-17)26(34-22)28-19-14-12-18(13-15-19)23(27)32/h3-15H,16H2,1-2H3,(H2,27,32). The Kier molecular flexibility index (Phi) is 5.59. The second-order valence-electron chi connectivity index (χ2n) is 8.04. The zero-order valence-electron chi connectivity index (χ0n) is 18.8. The number of amidine groups is 1. The first kappa shape index (κ1) is 21.8. The van der Waals surface area contributed by atoms with Crippen molar-refractivity contribution in [3.05, 3.63) is 101 Å². The number of anilines is 2. The molecule has 2 aliphatic rings. The molecule has 0 saturated carbocycles. The lowest BCUT2D eigenvalue weighted by Crippen LogP contribution is -2.31. The van der Waals surface area contributed by atoms with E-state index in [9.17, 15) is 9.59 Å². The molecule has 2 amide bonds. The first-order valence-electron chi connectivity index (χ1n) is 10.8. The Hall–Kier alpha value is -4.04. The van der Waals surface area contributed by atoms with Crippen LogP contribution in [0, 0.1) is 0 Å². The van der Waals surface area contributed by atoms with Crippen molar-refractivity contribution in [2.45, 2.75) is 6.54 Å². The van der Waals surface area contributed by atoms with E-state index in [4.69, 9.17) is 10.7 Å². The van der Waals surface area contributed by atoms with Gasteiger partial charge in [-0.3, -0.25) is 14.5 Å². The second-order valence-corrected chi connectivity index (χ2v) is 9.02. The third-order valence-electron chi connectivity index (χ3n) is 5.87. The van der Waals surface area contributed by atoms with Crippen LogP contribution in [0.1, 0.15) is 15.9 Å². The van der Waals surface area contributed by atoms with E-state index >= 15 is 0 Å². The van der Waals surface area contributed by atoms with Crippen LogP contribution in [0.25, 0.3) is 0 Å². The highest BCUT2D eigenvalue weighted by atomic mass is 32.2. The number of benzene rings is 3. The van der Waals surface area contributed by atoms with Crippen LogP contribution >= 0.6 is 11.8 Å². The van der Waals surface area contributed by atoms with Crippen molar-refractivity contribution in [3.8, 4) is 0 Å². The molecule has 0 bridgehead atoms. The number of primary amides is 1. The molecule has 3 aromatic rings. The molecule has 7 nitrogen and oxygen atoms in total. The second kappa shape index (κ2) is 8.72. The zero-order valence-corrected chi connectivity index (χ0v) is 19.6. The maximum Gasteiger partial charge on any atom is 0.270 e. The minimum absolute atomic E-state index is 0.0946. The highest BCUT2D eigenvalue weighted by Crippen LogP contribution is 2.45. The summed E-state index contributed by atoms with van der Waals surface area (Å²) in [5.41, 5.74) is 9.51. The van der Waals surface area contributed by atoms with Gasteiger partial charge in [0.25, 0.3) is 5.91 Å². The van der Waals surface area contributed by atoms with Crippen molar-refractivity contribution in [3.63, 3.8) is 0 Å². The highest BCUT2D eigenvalue weighted by molar-refractivity contribution is 8.18. The predicted octanol–water partition coefficient (Wildman–Crippen LogP) is 4.30. The normalized spacial score (nSPS) is 16.6. The van der Waals surface area contributed by atoms with Gasteiger partial charge in [0, 0.05) is 19.7 Å². The molecule has 0 spiro atoms. The van der Waals surface area contributed by atoms with E-state index in [-0.39, 0.29) is 5.91 Å². The van der Waals surface area contributed by atoms with Crippen LogP contribution in [0.2, 0.25) is 0 Å². The summed E-state index contributed by atoms with van der Waals surface area (Å²) >= 11 is 1.36. The summed E-state index contributed by atoms with van der Waals surface area (Å²) < 4.78 is 0. The van der Waals surface area contributed by atoms with E-state index in [1.807, 2.05) is 78.5 Å². The number of hydrogen-bond donors (Lipinski definition) is 1. The van der Waals surface area contributed by atoms with Crippen LogP contribution in [0.4, 0.5) is 17.1 Å². The molecule has 170 valence electrons. The minimum Gasteiger partial charge on any atom is -0.366 e. The monoisotopic (exact) mass is 469 g/mol. The molecule has 0 aromatic heterocycles. The van der Waals surface area contributed by atoms with Gasteiger partial charge in [-0.15, -0.1) is 0 Å². The molecule has 2 aliphatic heterocycles. The highest BCUT2D eigenvalue weighted by Gasteiger charge is 2.40. The van der Waals surface area contributed by atoms with E-state index < -0.39 is 5.91 Å².